The molecule has 0 amide bonds. The Bertz CT molecular complexity index is 1200. The third kappa shape index (κ3) is 3.32. The van der Waals surface area contributed by atoms with Gasteiger partial charge in [-0.2, -0.15) is 0 Å². The molecule has 0 aliphatic rings. The van der Waals surface area contributed by atoms with Gasteiger partial charge in [0.2, 0.25) is 0 Å². The number of rotatable bonds is 3. The lowest BCUT2D eigenvalue weighted by atomic mass is 10.1. The predicted molar refractivity (Wildman–Crippen MR) is 112 cm³/mol. The molecule has 0 atom stereocenters. The first-order valence-corrected chi connectivity index (χ1v) is 8.96. The Balaban J connectivity index is 1.95. The van der Waals surface area contributed by atoms with E-state index in [9.17, 15) is 4.79 Å². The van der Waals surface area contributed by atoms with E-state index >= 15 is 0 Å². The molecule has 0 N–H and O–H groups in total. The summed E-state index contributed by atoms with van der Waals surface area (Å²) < 4.78 is 1.68. The van der Waals surface area contributed by atoms with E-state index in [1.165, 1.54) is 5.56 Å². The largest absolute Gasteiger partial charge is 0.268 e. The zero-order valence-corrected chi connectivity index (χ0v) is 15.4. The molecule has 4 rings (SSSR count). The third-order valence-corrected chi connectivity index (χ3v) is 4.69. The van der Waals surface area contributed by atoms with Crippen LogP contribution in [0.3, 0.4) is 0 Å². The number of benzene rings is 3. The summed E-state index contributed by atoms with van der Waals surface area (Å²) >= 11 is 0. The molecule has 3 nitrogen and oxygen atoms in total. The lowest BCUT2D eigenvalue weighted by Crippen LogP contribution is -2.22. The summed E-state index contributed by atoms with van der Waals surface area (Å²) in [6.45, 7) is 4.10. The molecule has 3 aromatic carbocycles. The Kier molecular flexibility index (Phi) is 4.43. The normalized spacial score (nSPS) is 11.3. The van der Waals surface area contributed by atoms with Crippen LogP contribution < -0.4 is 5.56 Å². The lowest BCUT2D eigenvalue weighted by Gasteiger charge is -2.12. The summed E-state index contributed by atoms with van der Waals surface area (Å²) in [4.78, 5) is 18.0. The summed E-state index contributed by atoms with van der Waals surface area (Å²) in [5, 5.41) is 0.617. The summed E-state index contributed by atoms with van der Waals surface area (Å²) in [6.07, 6.45) is 3.92. The van der Waals surface area contributed by atoms with Crippen molar-refractivity contribution in [3.63, 3.8) is 0 Å². The molecule has 3 heteroatoms. The van der Waals surface area contributed by atoms with Crippen LogP contribution in [-0.4, -0.2) is 9.55 Å². The number of hydrogen-bond donors (Lipinski definition) is 0. The topological polar surface area (TPSA) is 34.9 Å². The van der Waals surface area contributed by atoms with Crippen LogP contribution >= 0.6 is 0 Å². The van der Waals surface area contributed by atoms with Crippen molar-refractivity contribution in [2.75, 3.05) is 0 Å². The highest BCUT2D eigenvalue weighted by molar-refractivity contribution is 5.80. The minimum Gasteiger partial charge on any atom is -0.268 e. The van der Waals surface area contributed by atoms with E-state index in [0.717, 1.165) is 16.8 Å². The molecule has 0 saturated heterocycles. The fraction of sp³-hybridized carbons (Fsp3) is 0.0833. The average Bonchev–Trinajstić information content (AvgIpc) is 2.69. The van der Waals surface area contributed by atoms with E-state index in [2.05, 4.69) is 19.1 Å². The van der Waals surface area contributed by atoms with E-state index in [1.54, 1.807) is 4.57 Å². The Morgan fingerprint density at radius 2 is 1.52 bits per heavy atom. The van der Waals surface area contributed by atoms with Gasteiger partial charge in [-0.25, -0.2) is 4.98 Å². The van der Waals surface area contributed by atoms with E-state index < -0.39 is 0 Å². The van der Waals surface area contributed by atoms with Crippen molar-refractivity contribution in [2.45, 2.75) is 13.8 Å². The van der Waals surface area contributed by atoms with Crippen LogP contribution in [0.15, 0.2) is 77.6 Å². The number of aryl methyl sites for hydroxylation is 2. The van der Waals surface area contributed by atoms with Crippen LogP contribution in [0, 0.1) is 13.8 Å². The maximum Gasteiger partial charge on any atom is 0.266 e. The Hall–Kier alpha value is -3.46. The van der Waals surface area contributed by atoms with Gasteiger partial charge in [-0.05, 0) is 55.3 Å². The van der Waals surface area contributed by atoms with Crippen LogP contribution in [0.4, 0.5) is 0 Å². The molecule has 1 heterocycles. The minimum atomic E-state index is -0.0612. The lowest BCUT2D eigenvalue weighted by molar-refractivity contribution is 0.943. The fourth-order valence-corrected chi connectivity index (χ4v) is 3.14. The molecule has 0 fully saturated rings. The van der Waals surface area contributed by atoms with E-state index in [1.807, 2.05) is 79.7 Å². The second-order valence-electron chi connectivity index (χ2n) is 6.65. The number of hydrogen-bond acceptors (Lipinski definition) is 2. The van der Waals surface area contributed by atoms with Crippen LogP contribution in [0.2, 0.25) is 0 Å². The molecular formula is C24H20N2O. The van der Waals surface area contributed by atoms with Gasteiger partial charge in [0.05, 0.1) is 16.6 Å². The highest BCUT2D eigenvalue weighted by atomic mass is 16.1. The van der Waals surface area contributed by atoms with Crippen LogP contribution in [0.1, 0.15) is 22.5 Å². The first-order valence-electron chi connectivity index (χ1n) is 8.96. The summed E-state index contributed by atoms with van der Waals surface area (Å²) in [7, 11) is 0. The minimum absolute atomic E-state index is 0.0612. The number of para-hydroxylation sites is 1. The molecular weight excluding hydrogens is 332 g/mol. The Morgan fingerprint density at radius 1 is 0.815 bits per heavy atom. The van der Waals surface area contributed by atoms with E-state index in [-0.39, 0.29) is 5.56 Å². The second-order valence-corrected chi connectivity index (χ2v) is 6.65. The maximum atomic E-state index is 13.2. The van der Waals surface area contributed by atoms with Gasteiger partial charge in [-0.3, -0.25) is 9.36 Å². The summed E-state index contributed by atoms with van der Waals surface area (Å²) in [6, 6.07) is 23.5. The van der Waals surface area contributed by atoms with Gasteiger partial charge in [-0.1, -0.05) is 60.2 Å². The van der Waals surface area contributed by atoms with Crippen molar-refractivity contribution in [3.05, 3.63) is 106 Å². The van der Waals surface area contributed by atoms with Crippen LogP contribution in [0.25, 0.3) is 28.7 Å². The second kappa shape index (κ2) is 7.04. The molecule has 27 heavy (non-hydrogen) atoms. The summed E-state index contributed by atoms with van der Waals surface area (Å²) in [5.74, 6) is 0.616. The van der Waals surface area contributed by atoms with Gasteiger partial charge < -0.3 is 0 Å². The predicted octanol–water partition coefficient (Wildman–Crippen LogP) is 5.17. The molecule has 0 aliphatic heterocycles. The van der Waals surface area contributed by atoms with E-state index in [0.29, 0.717) is 16.7 Å². The average molecular weight is 352 g/mol. The smallest absolute Gasteiger partial charge is 0.266 e. The third-order valence-electron chi connectivity index (χ3n) is 4.69. The maximum absolute atomic E-state index is 13.2. The first kappa shape index (κ1) is 17.0. The molecule has 0 saturated carbocycles. The van der Waals surface area contributed by atoms with Crippen molar-refractivity contribution in [3.8, 4) is 5.69 Å². The highest BCUT2D eigenvalue weighted by Crippen LogP contribution is 2.17. The van der Waals surface area contributed by atoms with Crippen LogP contribution in [0.5, 0.6) is 0 Å². The van der Waals surface area contributed by atoms with Crippen molar-refractivity contribution in [2.24, 2.45) is 0 Å². The van der Waals surface area contributed by atoms with Crippen LogP contribution in [-0.2, 0) is 0 Å². The molecule has 4 aromatic rings. The number of aromatic nitrogens is 2. The zero-order chi connectivity index (χ0) is 18.8. The van der Waals surface area contributed by atoms with Crippen molar-refractivity contribution < 1.29 is 0 Å². The van der Waals surface area contributed by atoms with Gasteiger partial charge >= 0.3 is 0 Å². The van der Waals surface area contributed by atoms with Gasteiger partial charge in [0, 0.05) is 0 Å². The number of fused-ring (bicyclic) bond motifs is 1. The summed E-state index contributed by atoms with van der Waals surface area (Å²) in [5.41, 5.74) is 4.89. The van der Waals surface area contributed by atoms with Crippen molar-refractivity contribution >= 4 is 23.1 Å². The molecule has 0 spiro atoms. The first-order chi connectivity index (χ1) is 13.1. The van der Waals surface area contributed by atoms with Crippen molar-refractivity contribution in [1.82, 2.24) is 9.55 Å². The fourth-order valence-electron chi connectivity index (χ4n) is 3.14. The molecule has 1 aromatic heterocycles. The molecule has 0 unspecified atom stereocenters. The molecule has 0 aliphatic carbocycles. The standard InChI is InChI=1S/C24H20N2O/c1-17-11-14-20(15-12-17)26-23(16-13-19-8-4-3-7-18(19)2)25-22-10-6-5-9-21(22)24(26)27/h3-16H,1-2H3/b16-13+. The quantitative estimate of drug-likeness (QED) is 0.510. The Labute approximate surface area is 158 Å². The Morgan fingerprint density at radius 3 is 2.30 bits per heavy atom. The van der Waals surface area contributed by atoms with Gasteiger partial charge in [0.1, 0.15) is 5.82 Å². The highest BCUT2D eigenvalue weighted by Gasteiger charge is 2.10. The zero-order valence-electron chi connectivity index (χ0n) is 15.4. The monoisotopic (exact) mass is 352 g/mol. The van der Waals surface area contributed by atoms with Gasteiger partial charge in [0.25, 0.3) is 5.56 Å². The van der Waals surface area contributed by atoms with Gasteiger partial charge in [-0.15, -0.1) is 0 Å². The number of nitrogens with zero attached hydrogens (tertiary/aromatic N) is 2. The molecule has 0 radical (unpaired) electrons. The van der Waals surface area contributed by atoms with Gasteiger partial charge in [0.15, 0.2) is 0 Å². The SMILES string of the molecule is Cc1ccc(-n2c(/C=C/c3ccccc3C)nc3ccccc3c2=O)cc1. The molecule has 0 bridgehead atoms. The molecule has 132 valence electrons. The van der Waals surface area contributed by atoms with Crippen molar-refractivity contribution in [1.29, 1.82) is 0 Å². The van der Waals surface area contributed by atoms with E-state index in [4.69, 9.17) is 4.98 Å².